The molecule has 0 radical (unpaired) electrons. The van der Waals surface area contributed by atoms with E-state index in [2.05, 4.69) is 15.9 Å². The van der Waals surface area contributed by atoms with Gasteiger partial charge in [0, 0.05) is 22.4 Å². The second-order valence-electron chi connectivity index (χ2n) is 8.69. The van der Waals surface area contributed by atoms with E-state index >= 15 is 0 Å². The molecule has 1 heterocycles. The lowest BCUT2D eigenvalue weighted by molar-refractivity contribution is -0.000852. The highest BCUT2D eigenvalue weighted by Gasteiger charge is 2.58. The van der Waals surface area contributed by atoms with Crippen LogP contribution in [0, 0.1) is 17.8 Å². The van der Waals surface area contributed by atoms with Crippen LogP contribution in [0.1, 0.15) is 54.9 Å². The smallest absolute Gasteiger partial charge is 0.161 e. The fourth-order valence-electron chi connectivity index (χ4n) is 6.68. The number of rotatable bonds is 2. The van der Waals surface area contributed by atoms with Crippen molar-refractivity contribution in [1.82, 2.24) is 0 Å². The number of hydrogen-bond donors (Lipinski definition) is 3. The molecule has 4 nitrogen and oxygen atoms in total. The summed E-state index contributed by atoms with van der Waals surface area (Å²) >= 11 is 4.07. The third kappa shape index (κ3) is 2.51. The summed E-state index contributed by atoms with van der Waals surface area (Å²) < 4.78 is 5.95. The number of phenolic OH excluding ortho intramolecular Hbond substituents is 2. The Morgan fingerprint density at radius 1 is 1.19 bits per heavy atom. The number of phenols is 2. The van der Waals surface area contributed by atoms with Crippen molar-refractivity contribution >= 4 is 32.9 Å². The third-order valence-corrected chi connectivity index (χ3v) is 8.98. The average Bonchev–Trinajstić information content (AvgIpc) is 2.61. The number of fused-ring (bicyclic) bond motifs is 1. The van der Waals surface area contributed by atoms with Crippen LogP contribution < -0.4 is 5.73 Å². The largest absolute Gasteiger partial charge is 0.504 e. The van der Waals surface area contributed by atoms with E-state index in [1.54, 1.807) is 0 Å². The molecule has 144 valence electrons. The highest BCUT2D eigenvalue weighted by Crippen LogP contribution is 2.64. The molecular weight excluding hydrogens is 462 g/mol. The molecular formula is C20H27Br2NO3. The van der Waals surface area contributed by atoms with Crippen molar-refractivity contribution in [2.45, 2.75) is 54.9 Å². The maximum atomic E-state index is 10.5. The molecule has 1 aromatic carbocycles. The van der Waals surface area contributed by atoms with Gasteiger partial charge in [0.1, 0.15) is 0 Å². The minimum Gasteiger partial charge on any atom is -0.504 e. The van der Waals surface area contributed by atoms with E-state index in [1.165, 1.54) is 37.7 Å². The topological polar surface area (TPSA) is 75.7 Å². The zero-order valence-corrected chi connectivity index (χ0v) is 18.1. The van der Waals surface area contributed by atoms with E-state index in [-0.39, 0.29) is 40.0 Å². The van der Waals surface area contributed by atoms with Crippen molar-refractivity contribution in [3.63, 3.8) is 0 Å². The van der Waals surface area contributed by atoms with Gasteiger partial charge in [-0.3, -0.25) is 0 Å². The molecule has 4 fully saturated rings. The van der Waals surface area contributed by atoms with Gasteiger partial charge in [0.05, 0.1) is 12.7 Å². The van der Waals surface area contributed by atoms with Crippen LogP contribution in [0.25, 0.3) is 0 Å². The Kier molecular flexibility index (Phi) is 4.86. The van der Waals surface area contributed by atoms with Crippen molar-refractivity contribution in [3.05, 3.63) is 22.8 Å². The van der Waals surface area contributed by atoms with E-state index in [0.29, 0.717) is 24.4 Å². The Labute approximate surface area is 173 Å². The van der Waals surface area contributed by atoms with Crippen LogP contribution >= 0.6 is 32.9 Å². The minimum atomic E-state index is -0.182. The van der Waals surface area contributed by atoms with Crippen molar-refractivity contribution < 1.29 is 14.9 Å². The first-order chi connectivity index (χ1) is 12.0. The molecule has 0 aromatic heterocycles. The first kappa shape index (κ1) is 19.0. The maximum absolute atomic E-state index is 10.5. The van der Waals surface area contributed by atoms with Gasteiger partial charge in [0.2, 0.25) is 0 Å². The van der Waals surface area contributed by atoms with E-state index in [0.717, 1.165) is 28.9 Å². The first-order valence-electron chi connectivity index (χ1n) is 9.57. The standard InChI is InChI=1S/C20H26BrNO3.BrH/c21-19-12-4-10-3-11(5-12)8-20(19,7-10)14-6-15(23)18(24)13-1-2-25-16(9-22)17(13)14;/h6,10-12,16,19,23-24H,1-5,7-9,22H2;1H. The Hall–Kier alpha value is -0.300. The highest BCUT2D eigenvalue weighted by atomic mass is 79.9. The summed E-state index contributed by atoms with van der Waals surface area (Å²) in [6.45, 7) is 0.952. The Morgan fingerprint density at radius 3 is 2.54 bits per heavy atom. The van der Waals surface area contributed by atoms with Gasteiger partial charge >= 0.3 is 0 Å². The first-order valence-corrected chi connectivity index (χ1v) is 10.5. The predicted octanol–water partition coefficient (Wildman–Crippen LogP) is 4.09. The molecule has 6 heteroatoms. The fraction of sp³-hybridized carbons (Fsp3) is 0.700. The SMILES string of the molecule is Br.NCC1OCCc2c(O)c(O)cc(C34CC5CC(CC(C5)C3Br)C4)c21. The van der Waals surface area contributed by atoms with Gasteiger partial charge in [-0.2, -0.15) is 0 Å². The molecule has 0 saturated heterocycles. The predicted molar refractivity (Wildman–Crippen MR) is 109 cm³/mol. The Morgan fingerprint density at radius 2 is 1.88 bits per heavy atom. The summed E-state index contributed by atoms with van der Waals surface area (Å²) in [6, 6.07) is 1.83. The van der Waals surface area contributed by atoms with E-state index in [9.17, 15) is 10.2 Å². The monoisotopic (exact) mass is 487 g/mol. The van der Waals surface area contributed by atoms with Crippen LogP contribution in [0.2, 0.25) is 0 Å². The fourth-order valence-corrected chi connectivity index (χ4v) is 7.73. The van der Waals surface area contributed by atoms with Crippen LogP contribution in [-0.2, 0) is 16.6 Å². The molecule has 1 aromatic rings. The van der Waals surface area contributed by atoms with Crippen LogP contribution in [0.3, 0.4) is 0 Å². The number of nitrogens with two attached hydrogens (primary N) is 1. The number of hydrogen-bond acceptors (Lipinski definition) is 4. The Bertz CT molecular complexity index is 711. The normalized spacial score (nSPS) is 40.2. The quantitative estimate of drug-likeness (QED) is 0.433. The van der Waals surface area contributed by atoms with Crippen molar-refractivity contribution in [1.29, 1.82) is 0 Å². The lowest BCUT2D eigenvalue weighted by Crippen LogP contribution is -2.56. The number of alkyl halides is 1. The summed E-state index contributed by atoms with van der Waals surface area (Å²) in [7, 11) is 0. The summed E-state index contributed by atoms with van der Waals surface area (Å²) in [4.78, 5) is 0.432. The average molecular weight is 489 g/mol. The molecule has 6 rings (SSSR count). The molecule has 5 aliphatic rings. The van der Waals surface area contributed by atoms with Gasteiger partial charge in [-0.15, -0.1) is 17.0 Å². The van der Waals surface area contributed by atoms with Gasteiger partial charge < -0.3 is 20.7 Å². The molecule has 4 aliphatic carbocycles. The lowest BCUT2D eigenvalue weighted by Gasteiger charge is -2.60. The molecule has 4 saturated carbocycles. The molecule has 1 aliphatic heterocycles. The minimum absolute atomic E-state index is 0. The summed E-state index contributed by atoms with van der Waals surface area (Å²) in [5.41, 5.74) is 9.17. The number of ether oxygens (including phenoxy) is 1. The van der Waals surface area contributed by atoms with Crippen LogP contribution in [0.5, 0.6) is 11.5 Å². The Balaban J connectivity index is 0.00000168. The number of benzene rings is 1. The summed E-state index contributed by atoms with van der Waals surface area (Å²) in [6.07, 6.45) is 6.82. The van der Waals surface area contributed by atoms with E-state index in [1.807, 2.05) is 6.07 Å². The maximum Gasteiger partial charge on any atom is 0.161 e. The van der Waals surface area contributed by atoms with Gasteiger partial charge in [0.15, 0.2) is 11.5 Å². The molecule has 26 heavy (non-hydrogen) atoms. The van der Waals surface area contributed by atoms with Crippen LogP contribution in [0.4, 0.5) is 0 Å². The molecule has 0 amide bonds. The number of aromatic hydroxyl groups is 2. The van der Waals surface area contributed by atoms with Gasteiger partial charge in [-0.05, 0) is 73.5 Å². The molecule has 4 atom stereocenters. The zero-order chi connectivity index (χ0) is 17.3. The molecule has 4 N–H and O–H groups in total. The summed E-state index contributed by atoms with van der Waals surface area (Å²) in [5.74, 6) is 2.34. The van der Waals surface area contributed by atoms with Gasteiger partial charge in [-0.1, -0.05) is 15.9 Å². The zero-order valence-electron chi connectivity index (χ0n) is 14.8. The number of halogens is 2. The van der Waals surface area contributed by atoms with Crippen molar-refractivity contribution in [3.8, 4) is 11.5 Å². The molecule has 4 bridgehead atoms. The van der Waals surface area contributed by atoms with Crippen LogP contribution in [0.15, 0.2) is 6.07 Å². The molecule has 0 spiro atoms. The van der Waals surface area contributed by atoms with Crippen molar-refractivity contribution in [2.75, 3.05) is 13.2 Å². The van der Waals surface area contributed by atoms with Gasteiger partial charge in [0.25, 0.3) is 0 Å². The summed E-state index contributed by atoms with van der Waals surface area (Å²) in [5, 5.41) is 20.9. The highest BCUT2D eigenvalue weighted by molar-refractivity contribution is 9.09. The lowest BCUT2D eigenvalue weighted by atomic mass is 9.47. The van der Waals surface area contributed by atoms with E-state index < -0.39 is 0 Å². The molecule has 4 unspecified atom stereocenters. The third-order valence-electron chi connectivity index (χ3n) is 7.35. The second-order valence-corrected chi connectivity index (χ2v) is 9.68. The van der Waals surface area contributed by atoms with Crippen molar-refractivity contribution in [2.24, 2.45) is 23.5 Å². The van der Waals surface area contributed by atoms with E-state index in [4.69, 9.17) is 10.5 Å². The van der Waals surface area contributed by atoms with Crippen LogP contribution in [-0.4, -0.2) is 28.2 Å². The second kappa shape index (κ2) is 6.64. The van der Waals surface area contributed by atoms with Gasteiger partial charge in [-0.25, -0.2) is 0 Å².